The van der Waals surface area contributed by atoms with Crippen molar-refractivity contribution in [3.63, 3.8) is 0 Å². The number of anilines is 1. The smallest absolute Gasteiger partial charge is 0.141 e. The largest absolute Gasteiger partial charge is 0.399 e. The first-order chi connectivity index (χ1) is 9.06. The summed E-state index contributed by atoms with van der Waals surface area (Å²) in [5.41, 5.74) is 7.80. The van der Waals surface area contributed by atoms with Crippen molar-refractivity contribution in [1.29, 1.82) is 0 Å². The fourth-order valence-electron chi connectivity index (χ4n) is 2.12. The fraction of sp³-hybridized carbons (Fsp3) is 0.429. The van der Waals surface area contributed by atoms with Crippen molar-refractivity contribution in [2.24, 2.45) is 0 Å². The summed E-state index contributed by atoms with van der Waals surface area (Å²) in [7, 11) is 2.07. The number of nitrogens with two attached hydrogens (primary N) is 1. The van der Waals surface area contributed by atoms with Gasteiger partial charge in [0.1, 0.15) is 12.2 Å². The zero-order valence-corrected chi connectivity index (χ0v) is 11.7. The lowest BCUT2D eigenvalue weighted by molar-refractivity contribution is 0.298. The van der Waals surface area contributed by atoms with Gasteiger partial charge in [-0.2, -0.15) is 5.10 Å². The summed E-state index contributed by atoms with van der Waals surface area (Å²) in [4.78, 5) is 6.53. The molecule has 0 saturated heterocycles. The van der Waals surface area contributed by atoms with Gasteiger partial charge in [-0.05, 0) is 38.6 Å². The standard InChI is InChI=1S/C14H21N5/c1-11(2)19-14(16-10-17-19)9-18(3)8-12-5-4-6-13(15)7-12/h4-7,10-11H,8-9,15H2,1-3H3. The van der Waals surface area contributed by atoms with Crippen molar-refractivity contribution < 1.29 is 0 Å². The van der Waals surface area contributed by atoms with Gasteiger partial charge in [-0.15, -0.1) is 0 Å². The van der Waals surface area contributed by atoms with Gasteiger partial charge < -0.3 is 5.73 Å². The van der Waals surface area contributed by atoms with Crippen LogP contribution in [0.2, 0.25) is 0 Å². The van der Waals surface area contributed by atoms with E-state index in [1.807, 2.05) is 22.9 Å². The lowest BCUT2D eigenvalue weighted by atomic mass is 10.2. The second-order valence-corrected chi connectivity index (χ2v) is 5.13. The highest BCUT2D eigenvalue weighted by molar-refractivity contribution is 5.40. The average molecular weight is 259 g/mol. The van der Waals surface area contributed by atoms with Gasteiger partial charge in [-0.1, -0.05) is 12.1 Å². The maximum Gasteiger partial charge on any atom is 0.141 e. The molecule has 0 unspecified atom stereocenters. The summed E-state index contributed by atoms with van der Waals surface area (Å²) in [5.74, 6) is 0.987. The molecule has 2 rings (SSSR count). The van der Waals surface area contributed by atoms with Crippen LogP contribution in [0.5, 0.6) is 0 Å². The second kappa shape index (κ2) is 5.84. The van der Waals surface area contributed by atoms with E-state index in [1.54, 1.807) is 6.33 Å². The molecule has 5 nitrogen and oxygen atoms in total. The monoisotopic (exact) mass is 259 g/mol. The number of rotatable bonds is 5. The maximum absolute atomic E-state index is 5.79. The molecule has 1 heterocycles. The van der Waals surface area contributed by atoms with Crippen LogP contribution in [-0.2, 0) is 13.1 Å². The van der Waals surface area contributed by atoms with Crippen LogP contribution in [0.15, 0.2) is 30.6 Å². The van der Waals surface area contributed by atoms with E-state index in [9.17, 15) is 0 Å². The molecule has 2 N–H and O–H groups in total. The highest BCUT2D eigenvalue weighted by Crippen LogP contribution is 2.12. The third kappa shape index (κ3) is 3.54. The quantitative estimate of drug-likeness (QED) is 0.835. The van der Waals surface area contributed by atoms with Crippen LogP contribution in [0.4, 0.5) is 5.69 Å². The van der Waals surface area contributed by atoms with E-state index in [0.717, 1.165) is 24.6 Å². The van der Waals surface area contributed by atoms with Crippen molar-refractivity contribution in [1.82, 2.24) is 19.7 Å². The van der Waals surface area contributed by atoms with Gasteiger partial charge in [0.2, 0.25) is 0 Å². The first-order valence-electron chi connectivity index (χ1n) is 6.47. The Labute approximate surface area is 114 Å². The molecule has 0 aliphatic heterocycles. The minimum absolute atomic E-state index is 0.332. The van der Waals surface area contributed by atoms with Gasteiger partial charge in [-0.25, -0.2) is 9.67 Å². The molecular weight excluding hydrogens is 238 g/mol. The van der Waals surface area contributed by atoms with Crippen molar-refractivity contribution in [3.05, 3.63) is 42.0 Å². The van der Waals surface area contributed by atoms with Crippen LogP contribution < -0.4 is 5.73 Å². The molecule has 1 aromatic heterocycles. The maximum atomic E-state index is 5.79. The zero-order chi connectivity index (χ0) is 13.8. The van der Waals surface area contributed by atoms with Gasteiger partial charge in [-0.3, -0.25) is 4.90 Å². The van der Waals surface area contributed by atoms with Crippen LogP contribution in [0.1, 0.15) is 31.3 Å². The Morgan fingerprint density at radius 2 is 2.11 bits per heavy atom. The van der Waals surface area contributed by atoms with E-state index >= 15 is 0 Å². The number of hydrogen-bond acceptors (Lipinski definition) is 4. The first-order valence-corrected chi connectivity index (χ1v) is 6.47. The van der Waals surface area contributed by atoms with Crippen molar-refractivity contribution in [3.8, 4) is 0 Å². The third-order valence-corrected chi connectivity index (χ3v) is 2.95. The first kappa shape index (κ1) is 13.5. The summed E-state index contributed by atoms with van der Waals surface area (Å²) in [6.45, 7) is 5.83. The minimum atomic E-state index is 0.332. The Kier molecular flexibility index (Phi) is 4.16. The minimum Gasteiger partial charge on any atom is -0.399 e. The lowest BCUT2D eigenvalue weighted by Crippen LogP contribution is -2.21. The van der Waals surface area contributed by atoms with E-state index in [-0.39, 0.29) is 0 Å². The predicted octanol–water partition coefficient (Wildman–Crippen LogP) is 2.07. The van der Waals surface area contributed by atoms with E-state index < -0.39 is 0 Å². The Morgan fingerprint density at radius 1 is 1.32 bits per heavy atom. The molecule has 0 amide bonds. The number of nitrogen functional groups attached to an aromatic ring is 1. The highest BCUT2D eigenvalue weighted by Gasteiger charge is 2.10. The van der Waals surface area contributed by atoms with Crippen LogP contribution in [0, 0.1) is 0 Å². The Bertz CT molecular complexity index is 532. The molecule has 0 saturated carbocycles. The van der Waals surface area contributed by atoms with Crippen LogP contribution in [0.3, 0.4) is 0 Å². The molecule has 0 bridgehead atoms. The number of hydrogen-bond donors (Lipinski definition) is 1. The normalized spacial score (nSPS) is 11.4. The molecule has 0 fully saturated rings. The van der Waals surface area contributed by atoms with Crippen molar-refractivity contribution in [2.45, 2.75) is 33.0 Å². The van der Waals surface area contributed by atoms with Crippen molar-refractivity contribution >= 4 is 5.69 Å². The molecule has 19 heavy (non-hydrogen) atoms. The summed E-state index contributed by atoms with van der Waals surface area (Å²) >= 11 is 0. The number of nitrogens with zero attached hydrogens (tertiary/aromatic N) is 4. The van der Waals surface area contributed by atoms with Crippen LogP contribution >= 0.6 is 0 Å². The summed E-state index contributed by atoms with van der Waals surface area (Å²) in [5, 5.41) is 4.25. The van der Waals surface area contributed by atoms with E-state index in [0.29, 0.717) is 6.04 Å². The molecule has 5 heteroatoms. The van der Waals surface area contributed by atoms with E-state index in [2.05, 4.69) is 41.9 Å². The second-order valence-electron chi connectivity index (χ2n) is 5.13. The molecule has 102 valence electrons. The molecule has 0 aliphatic carbocycles. The topological polar surface area (TPSA) is 60.0 Å². The zero-order valence-electron chi connectivity index (χ0n) is 11.7. The fourth-order valence-corrected chi connectivity index (χ4v) is 2.12. The summed E-state index contributed by atoms with van der Waals surface area (Å²) < 4.78 is 1.95. The lowest BCUT2D eigenvalue weighted by Gasteiger charge is -2.18. The average Bonchev–Trinajstić information content (AvgIpc) is 2.76. The SMILES string of the molecule is CC(C)n1ncnc1CN(C)Cc1cccc(N)c1. The van der Waals surface area contributed by atoms with Crippen LogP contribution in [0.25, 0.3) is 0 Å². The Morgan fingerprint density at radius 3 is 2.79 bits per heavy atom. The predicted molar refractivity (Wildman–Crippen MR) is 76.4 cm³/mol. The molecular formula is C14H21N5. The molecule has 0 radical (unpaired) electrons. The summed E-state index contributed by atoms with van der Waals surface area (Å²) in [6.07, 6.45) is 1.61. The number of aromatic nitrogens is 3. The molecule has 2 aromatic rings. The van der Waals surface area contributed by atoms with Gasteiger partial charge in [0, 0.05) is 18.3 Å². The molecule has 0 atom stereocenters. The van der Waals surface area contributed by atoms with Gasteiger partial charge in [0.05, 0.1) is 6.54 Å². The molecule has 0 spiro atoms. The Balaban J connectivity index is 2.01. The highest BCUT2D eigenvalue weighted by atomic mass is 15.4. The Hall–Kier alpha value is -1.88. The molecule has 0 aliphatic rings. The number of benzene rings is 1. The van der Waals surface area contributed by atoms with Crippen molar-refractivity contribution in [2.75, 3.05) is 12.8 Å². The summed E-state index contributed by atoms with van der Waals surface area (Å²) in [6, 6.07) is 8.30. The molecule has 1 aromatic carbocycles. The third-order valence-electron chi connectivity index (χ3n) is 2.95. The van der Waals surface area contributed by atoms with Gasteiger partial charge >= 0.3 is 0 Å². The van der Waals surface area contributed by atoms with E-state index in [1.165, 1.54) is 5.56 Å². The van der Waals surface area contributed by atoms with Gasteiger partial charge in [0.15, 0.2) is 0 Å². The van der Waals surface area contributed by atoms with Crippen LogP contribution in [-0.4, -0.2) is 26.7 Å². The van der Waals surface area contributed by atoms with E-state index in [4.69, 9.17) is 5.73 Å². The van der Waals surface area contributed by atoms with Gasteiger partial charge in [0.25, 0.3) is 0 Å².